The van der Waals surface area contributed by atoms with Crippen LogP contribution in [0.3, 0.4) is 0 Å². The molecule has 5 nitrogen and oxygen atoms in total. The molecule has 1 atom stereocenters. The minimum absolute atomic E-state index is 0.240. The molecule has 98 valence electrons. The maximum atomic E-state index is 12.3. The van der Waals surface area contributed by atoms with Gasteiger partial charge in [0.05, 0.1) is 12.5 Å². The van der Waals surface area contributed by atoms with E-state index in [9.17, 15) is 9.59 Å². The second-order valence-electron chi connectivity index (χ2n) is 4.53. The van der Waals surface area contributed by atoms with Gasteiger partial charge in [-0.05, 0) is 30.5 Å². The van der Waals surface area contributed by atoms with E-state index in [0.29, 0.717) is 24.9 Å². The molecule has 0 spiro atoms. The first-order valence-corrected chi connectivity index (χ1v) is 6.13. The van der Waals surface area contributed by atoms with Gasteiger partial charge < -0.3 is 10.0 Å². The third-order valence-corrected chi connectivity index (χ3v) is 3.26. The van der Waals surface area contributed by atoms with Crippen molar-refractivity contribution >= 4 is 11.9 Å². The minimum atomic E-state index is -0.959. The average Bonchev–Trinajstić information content (AvgIpc) is 2.88. The lowest BCUT2D eigenvalue weighted by Crippen LogP contribution is -2.40. The van der Waals surface area contributed by atoms with Crippen LogP contribution in [0.1, 0.15) is 28.8 Å². The number of carboxylic acids is 1. The van der Waals surface area contributed by atoms with Gasteiger partial charge >= 0.3 is 5.97 Å². The number of rotatable bonds is 3. The molecule has 2 rings (SSSR count). The Morgan fingerprint density at radius 3 is 2.95 bits per heavy atom. The SMILES string of the molecule is N#CCc1cccc(C(=O)N2CCC[C@@H]2C(=O)O)c1. The van der Waals surface area contributed by atoms with Gasteiger partial charge in [-0.2, -0.15) is 5.26 Å². The average molecular weight is 258 g/mol. The van der Waals surface area contributed by atoms with Gasteiger partial charge in [0.1, 0.15) is 6.04 Å². The Balaban J connectivity index is 2.22. The molecule has 0 radical (unpaired) electrons. The molecule has 1 aliphatic rings. The molecule has 1 N–H and O–H groups in total. The van der Waals surface area contributed by atoms with Crippen molar-refractivity contribution < 1.29 is 14.7 Å². The van der Waals surface area contributed by atoms with Crippen LogP contribution in [-0.4, -0.2) is 34.5 Å². The van der Waals surface area contributed by atoms with Crippen LogP contribution < -0.4 is 0 Å². The van der Waals surface area contributed by atoms with E-state index < -0.39 is 12.0 Å². The lowest BCUT2D eigenvalue weighted by Gasteiger charge is -2.21. The molecule has 0 saturated carbocycles. The maximum Gasteiger partial charge on any atom is 0.326 e. The van der Waals surface area contributed by atoms with E-state index in [0.717, 1.165) is 5.56 Å². The maximum absolute atomic E-state index is 12.3. The fourth-order valence-corrected chi connectivity index (χ4v) is 2.34. The van der Waals surface area contributed by atoms with Gasteiger partial charge in [0.15, 0.2) is 0 Å². The molecule has 0 aliphatic carbocycles. The van der Waals surface area contributed by atoms with Crippen molar-refractivity contribution in [1.82, 2.24) is 4.90 Å². The summed E-state index contributed by atoms with van der Waals surface area (Å²) in [7, 11) is 0. The van der Waals surface area contributed by atoms with Crippen LogP contribution in [0.2, 0.25) is 0 Å². The molecule has 1 aromatic rings. The second kappa shape index (κ2) is 5.53. The monoisotopic (exact) mass is 258 g/mol. The fourth-order valence-electron chi connectivity index (χ4n) is 2.34. The van der Waals surface area contributed by atoms with Gasteiger partial charge in [-0.1, -0.05) is 12.1 Å². The van der Waals surface area contributed by atoms with Crippen molar-refractivity contribution in [3.8, 4) is 6.07 Å². The second-order valence-corrected chi connectivity index (χ2v) is 4.53. The number of carbonyl (C=O) groups is 2. The molecule has 0 aromatic heterocycles. The third kappa shape index (κ3) is 2.74. The number of nitriles is 1. The molecule has 19 heavy (non-hydrogen) atoms. The van der Waals surface area contributed by atoms with Crippen LogP contribution in [0.5, 0.6) is 0 Å². The highest BCUT2D eigenvalue weighted by atomic mass is 16.4. The number of nitrogens with zero attached hydrogens (tertiary/aromatic N) is 2. The first kappa shape index (κ1) is 13.1. The zero-order valence-corrected chi connectivity index (χ0v) is 10.4. The number of aliphatic carboxylic acids is 1. The zero-order chi connectivity index (χ0) is 13.8. The van der Waals surface area contributed by atoms with Crippen molar-refractivity contribution in [1.29, 1.82) is 5.26 Å². The number of amides is 1. The molecule has 1 saturated heterocycles. The molecule has 1 aromatic carbocycles. The number of benzene rings is 1. The van der Waals surface area contributed by atoms with E-state index in [4.69, 9.17) is 10.4 Å². The lowest BCUT2D eigenvalue weighted by atomic mass is 10.1. The normalized spacial score (nSPS) is 18.1. The Labute approximate surface area is 111 Å². The fraction of sp³-hybridized carbons (Fsp3) is 0.357. The molecule has 0 bridgehead atoms. The predicted molar refractivity (Wildman–Crippen MR) is 67.5 cm³/mol. The molecule has 1 amide bonds. The number of likely N-dealkylation sites (tertiary alicyclic amines) is 1. The van der Waals surface area contributed by atoms with Crippen molar-refractivity contribution in [2.75, 3.05) is 6.54 Å². The molecule has 0 unspecified atom stereocenters. The van der Waals surface area contributed by atoms with E-state index in [2.05, 4.69) is 0 Å². The quantitative estimate of drug-likeness (QED) is 0.889. The van der Waals surface area contributed by atoms with Gasteiger partial charge in [0.2, 0.25) is 0 Å². The van der Waals surface area contributed by atoms with Crippen molar-refractivity contribution in [3.63, 3.8) is 0 Å². The molecular weight excluding hydrogens is 244 g/mol. The summed E-state index contributed by atoms with van der Waals surface area (Å²) in [6.07, 6.45) is 1.45. The minimum Gasteiger partial charge on any atom is -0.480 e. The van der Waals surface area contributed by atoms with Gasteiger partial charge in [0, 0.05) is 12.1 Å². The van der Waals surface area contributed by atoms with Crippen molar-refractivity contribution in [2.24, 2.45) is 0 Å². The summed E-state index contributed by atoms with van der Waals surface area (Å²) < 4.78 is 0. The van der Waals surface area contributed by atoms with Gasteiger partial charge in [-0.25, -0.2) is 4.79 Å². The number of carbonyl (C=O) groups excluding carboxylic acids is 1. The Hall–Kier alpha value is -2.35. The summed E-state index contributed by atoms with van der Waals surface area (Å²) in [6.45, 7) is 0.471. The Morgan fingerprint density at radius 1 is 1.47 bits per heavy atom. The van der Waals surface area contributed by atoms with Crippen LogP contribution in [0.4, 0.5) is 0 Å². The predicted octanol–water partition coefficient (Wildman–Crippen LogP) is 1.44. The highest BCUT2D eigenvalue weighted by molar-refractivity contribution is 5.97. The van der Waals surface area contributed by atoms with Crippen LogP contribution in [0.15, 0.2) is 24.3 Å². The van der Waals surface area contributed by atoms with E-state index >= 15 is 0 Å². The first-order valence-electron chi connectivity index (χ1n) is 6.13. The van der Waals surface area contributed by atoms with E-state index in [1.807, 2.05) is 6.07 Å². The van der Waals surface area contributed by atoms with Crippen LogP contribution in [0.25, 0.3) is 0 Å². The lowest BCUT2D eigenvalue weighted by molar-refractivity contribution is -0.141. The zero-order valence-electron chi connectivity index (χ0n) is 10.4. The Morgan fingerprint density at radius 2 is 2.26 bits per heavy atom. The van der Waals surface area contributed by atoms with Crippen LogP contribution in [-0.2, 0) is 11.2 Å². The summed E-state index contributed by atoms with van der Waals surface area (Å²) in [5.41, 5.74) is 1.21. The summed E-state index contributed by atoms with van der Waals surface area (Å²) in [5, 5.41) is 17.7. The first-order chi connectivity index (χ1) is 9.13. The summed E-state index contributed by atoms with van der Waals surface area (Å²) in [4.78, 5) is 24.8. The Kier molecular flexibility index (Phi) is 3.81. The Bertz CT molecular complexity index is 548. The highest BCUT2D eigenvalue weighted by Crippen LogP contribution is 2.20. The standard InChI is InChI=1S/C14H14N2O3/c15-7-6-10-3-1-4-11(9-10)13(17)16-8-2-5-12(16)14(18)19/h1,3-4,9,12H,2,5-6,8H2,(H,18,19)/t12-/m1/s1. The molecular formula is C14H14N2O3. The van der Waals surface area contributed by atoms with Crippen LogP contribution in [0, 0.1) is 11.3 Å². The number of hydrogen-bond donors (Lipinski definition) is 1. The van der Waals surface area contributed by atoms with Crippen molar-refractivity contribution in [2.45, 2.75) is 25.3 Å². The molecule has 1 aliphatic heterocycles. The number of carboxylic acid groups (broad SMARTS) is 1. The molecule has 1 heterocycles. The van der Waals surface area contributed by atoms with Gasteiger partial charge in [-0.3, -0.25) is 4.79 Å². The third-order valence-electron chi connectivity index (χ3n) is 3.26. The van der Waals surface area contributed by atoms with Crippen molar-refractivity contribution in [3.05, 3.63) is 35.4 Å². The highest BCUT2D eigenvalue weighted by Gasteiger charge is 2.34. The van der Waals surface area contributed by atoms with Crippen LogP contribution >= 0.6 is 0 Å². The van der Waals surface area contributed by atoms with E-state index in [1.54, 1.807) is 24.3 Å². The smallest absolute Gasteiger partial charge is 0.326 e. The number of hydrogen-bond acceptors (Lipinski definition) is 3. The summed E-state index contributed by atoms with van der Waals surface area (Å²) in [6, 6.07) is 8.10. The molecule has 5 heteroatoms. The largest absolute Gasteiger partial charge is 0.480 e. The van der Waals surface area contributed by atoms with Gasteiger partial charge in [-0.15, -0.1) is 0 Å². The van der Waals surface area contributed by atoms with Gasteiger partial charge in [0.25, 0.3) is 5.91 Å². The topological polar surface area (TPSA) is 81.4 Å². The summed E-state index contributed by atoms with van der Waals surface area (Å²) >= 11 is 0. The van der Waals surface area contributed by atoms with E-state index in [-0.39, 0.29) is 12.3 Å². The van der Waals surface area contributed by atoms with E-state index in [1.165, 1.54) is 4.90 Å². The summed E-state index contributed by atoms with van der Waals surface area (Å²) in [5.74, 6) is -1.23. The molecule has 1 fully saturated rings.